The van der Waals surface area contributed by atoms with E-state index in [0.717, 1.165) is 0 Å². The molecule has 2 N–H and O–H groups in total. The largest absolute Gasteiger partial charge is 0.490 e. The van der Waals surface area contributed by atoms with E-state index in [1.807, 2.05) is 6.92 Å². The molecule has 1 aromatic carbocycles. The van der Waals surface area contributed by atoms with Crippen molar-refractivity contribution in [3.8, 4) is 17.2 Å². The first-order valence-electron chi connectivity index (χ1n) is 6.54. The molecule has 0 bridgehead atoms. The number of amides is 2. The van der Waals surface area contributed by atoms with Gasteiger partial charge in [-0.05, 0) is 19.1 Å². The molecule has 1 rings (SSSR count). The van der Waals surface area contributed by atoms with Gasteiger partial charge < -0.3 is 24.8 Å². The molecule has 0 unspecified atom stereocenters. The first kappa shape index (κ1) is 16.6. The van der Waals surface area contributed by atoms with E-state index >= 15 is 0 Å². The van der Waals surface area contributed by atoms with Crippen LogP contribution in [0.3, 0.4) is 0 Å². The highest BCUT2D eigenvalue weighted by atomic mass is 16.5. The van der Waals surface area contributed by atoms with Crippen LogP contribution in [0.4, 0.5) is 0 Å². The lowest BCUT2D eigenvalue weighted by Crippen LogP contribution is -2.25. The van der Waals surface area contributed by atoms with Crippen molar-refractivity contribution in [3.63, 3.8) is 0 Å². The highest BCUT2D eigenvalue weighted by molar-refractivity contribution is 5.72. The molecule has 1 aromatic rings. The van der Waals surface area contributed by atoms with E-state index < -0.39 is 0 Å². The summed E-state index contributed by atoms with van der Waals surface area (Å²) in [7, 11) is 0. The maximum Gasteiger partial charge on any atom is 0.219 e. The molecule has 0 heterocycles. The highest BCUT2D eigenvalue weighted by Gasteiger charge is 2.08. The number of benzene rings is 1. The third-order valence-corrected chi connectivity index (χ3v) is 2.32. The van der Waals surface area contributed by atoms with Crippen molar-refractivity contribution in [1.82, 2.24) is 10.6 Å². The van der Waals surface area contributed by atoms with Crippen molar-refractivity contribution in [3.05, 3.63) is 18.2 Å². The Labute approximate surface area is 123 Å². The molecule has 7 nitrogen and oxygen atoms in total. The molecule has 0 fully saturated rings. The lowest BCUT2D eigenvalue weighted by Gasteiger charge is -2.14. The predicted octanol–water partition coefficient (Wildman–Crippen LogP) is 1.03. The zero-order chi connectivity index (χ0) is 15.7. The number of ether oxygens (including phenoxy) is 3. The van der Waals surface area contributed by atoms with Gasteiger partial charge in [-0.1, -0.05) is 0 Å². The smallest absolute Gasteiger partial charge is 0.219 e. The quantitative estimate of drug-likeness (QED) is 0.700. The van der Waals surface area contributed by atoms with Gasteiger partial charge in [0, 0.05) is 19.9 Å². The Morgan fingerprint density at radius 2 is 1.57 bits per heavy atom. The summed E-state index contributed by atoms with van der Waals surface area (Å²) in [5, 5.41) is 5.05. The molecule has 7 heteroatoms. The Kier molecular flexibility index (Phi) is 6.86. The SMILES string of the molecule is CCOc1ccc(OCNC(C)=O)cc1OCNC(C)=O. The molecule has 0 aliphatic rings. The van der Waals surface area contributed by atoms with Gasteiger partial charge in [-0.2, -0.15) is 0 Å². The second-order valence-electron chi connectivity index (χ2n) is 4.08. The average Bonchev–Trinajstić information content (AvgIpc) is 2.41. The van der Waals surface area contributed by atoms with Crippen LogP contribution in [0, 0.1) is 0 Å². The predicted molar refractivity (Wildman–Crippen MR) is 76.2 cm³/mol. The van der Waals surface area contributed by atoms with Gasteiger partial charge in [0.1, 0.15) is 5.75 Å². The molecule has 0 aliphatic heterocycles. The van der Waals surface area contributed by atoms with E-state index in [-0.39, 0.29) is 25.3 Å². The molecule has 21 heavy (non-hydrogen) atoms. The van der Waals surface area contributed by atoms with Gasteiger partial charge >= 0.3 is 0 Å². The fraction of sp³-hybridized carbons (Fsp3) is 0.429. The highest BCUT2D eigenvalue weighted by Crippen LogP contribution is 2.31. The molecule has 0 saturated heterocycles. The summed E-state index contributed by atoms with van der Waals surface area (Å²) in [6, 6.07) is 5.04. The van der Waals surface area contributed by atoms with Gasteiger partial charge in [-0.25, -0.2) is 0 Å². The Hall–Kier alpha value is -2.44. The molecular formula is C14H20N2O5. The minimum atomic E-state index is -0.189. The Morgan fingerprint density at radius 1 is 0.952 bits per heavy atom. The van der Waals surface area contributed by atoms with E-state index in [2.05, 4.69) is 10.6 Å². The lowest BCUT2D eigenvalue weighted by atomic mass is 10.3. The Bertz CT molecular complexity index is 490. The summed E-state index contributed by atoms with van der Waals surface area (Å²) in [5.74, 6) is 1.15. The topological polar surface area (TPSA) is 85.9 Å². The molecule has 0 radical (unpaired) electrons. The molecule has 0 atom stereocenters. The number of rotatable bonds is 8. The van der Waals surface area contributed by atoms with Crippen LogP contribution in [0.15, 0.2) is 18.2 Å². The lowest BCUT2D eigenvalue weighted by molar-refractivity contribution is -0.120. The second-order valence-corrected chi connectivity index (χ2v) is 4.08. The Balaban J connectivity index is 2.69. The monoisotopic (exact) mass is 296 g/mol. The number of hydrogen-bond donors (Lipinski definition) is 2. The van der Waals surface area contributed by atoms with E-state index in [1.165, 1.54) is 13.8 Å². The van der Waals surface area contributed by atoms with Crippen LogP contribution < -0.4 is 24.8 Å². The van der Waals surface area contributed by atoms with Crippen LogP contribution in [0.1, 0.15) is 20.8 Å². The van der Waals surface area contributed by atoms with Crippen LogP contribution in [-0.2, 0) is 9.59 Å². The van der Waals surface area contributed by atoms with Crippen molar-refractivity contribution < 1.29 is 23.8 Å². The van der Waals surface area contributed by atoms with Gasteiger partial charge in [0.2, 0.25) is 11.8 Å². The van der Waals surface area contributed by atoms with Gasteiger partial charge in [0.25, 0.3) is 0 Å². The fourth-order valence-corrected chi connectivity index (χ4v) is 1.40. The molecule has 0 aliphatic carbocycles. The van der Waals surface area contributed by atoms with Crippen molar-refractivity contribution >= 4 is 11.8 Å². The van der Waals surface area contributed by atoms with Gasteiger partial charge in [-0.15, -0.1) is 0 Å². The van der Waals surface area contributed by atoms with Crippen molar-refractivity contribution in [2.24, 2.45) is 0 Å². The van der Waals surface area contributed by atoms with E-state index in [4.69, 9.17) is 14.2 Å². The molecular weight excluding hydrogens is 276 g/mol. The van der Waals surface area contributed by atoms with Crippen LogP contribution in [0.2, 0.25) is 0 Å². The first-order valence-corrected chi connectivity index (χ1v) is 6.54. The first-order chi connectivity index (χ1) is 10.0. The number of nitrogens with one attached hydrogen (secondary N) is 2. The average molecular weight is 296 g/mol. The molecule has 0 aromatic heterocycles. The van der Waals surface area contributed by atoms with Crippen LogP contribution in [0.25, 0.3) is 0 Å². The molecule has 0 spiro atoms. The van der Waals surface area contributed by atoms with Gasteiger partial charge in [-0.3, -0.25) is 9.59 Å². The van der Waals surface area contributed by atoms with Crippen molar-refractivity contribution in [2.45, 2.75) is 20.8 Å². The minimum Gasteiger partial charge on any atom is -0.490 e. The molecule has 0 saturated carbocycles. The maximum absolute atomic E-state index is 10.8. The summed E-state index contributed by atoms with van der Waals surface area (Å²) in [5.41, 5.74) is 0. The Morgan fingerprint density at radius 3 is 2.14 bits per heavy atom. The normalized spacial score (nSPS) is 9.67. The second kappa shape index (κ2) is 8.68. The number of carbonyl (C=O) groups excluding carboxylic acids is 2. The number of carbonyl (C=O) groups is 2. The standard InChI is InChI=1S/C14H20N2O5/c1-4-19-13-6-5-12(20-8-15-10(2)17)7-14(13)21-9-16-11(3)18/h5-7H,4,8-9H2,1-3H3,(H,15,17)(H,16,18). The van der Waals surface area contributed by atoms with Crippen LogP contribution in [-0.4, -0.2) is 31.9 Å². The molecule has 116 valence electrons. The van der Waals surface area contributed by atoms with Gasteiger partial charge in [0.05, 0.1) is 6.61 Å². The van der Waals surface area contributed by atoms with Crippen molar-refractivity contribution in [2.75, 3.05) is 20.1 Å². The number of hydrogen-bond acceptors (Lipinski definition) is 5. The summed E-state index contributed by atoms with van der Waals surface area (Å²) in [6.07, 6.45) is 0. The van der Waals surface area contributed by atoms with E-state index in [0.29, 0.717) is 23.9 Å². The van der Waals surface area contributed by atoms with Crippen molar-refractivity contribution in [1.29, 1.82) is 0 Å². The fourth-order valence-electron chi connectivity index (χ4n) is 1.40. The zero-order valence-electron chi connectivity index (χ0n) is 12.4. The van der Waals surface area contributed by atoms with Gasteiger partial charge in [0.15, 0.2) is 25.0 Å². The summed E-state index contributed by atoms with van der Waals surface area (Å²) >= 11 is 0. The molecule has 2 amide bonds. The summed E-state index contributed by atoms with van der Waals surface area (Å²) in [6.45, 7) is 5.25. The maximum atomic E-state index is 10.8. The third kappa shape index (κ3) is 6.51. The van der Waals surface area contributed by atoms with Crippen LogP contribution in [0.5, 0.6) is 17.2 Å². The zero-order valence-corrected chi connectivity index (χ0v) is 12.4. The third-order valence-electron chi connectivity index (χ3n) is 2.32. The summed E-state index contributed by atoms with van der Waals surface area (Å²) < 4.78 is 16.2. The summed E-state index contributed by atoms with van der Waals surface area (Å²) in [4.78, 5) is 21.6. The van der Waals surface area contributed by atoms with E-state index in [1.54, 1.807) is 18.2 Å². The van der Waals surface area contributed by atoms with Crippen LogP contribution >= 0.6 is 0 Å². The minimum absolute atomic E-state index is 0.0323. The van der Waals surface area contributed by atoms with E-state index in [9.17, 15) is 9.59 Å².